The van der Waals surface area contributed by atoms with Gasteiger partial charge < -0.3 is 14.6 Å². The summed E-state index contributed by atoms with van der Waals surface area (Å²) in [5.74, 6) is 0.443. The number of aromatic nitrogens is 1. The second kappa shape index (κ2) is 8.77. The van der Waals surface area contributed by atoms with Crippen LogP contribution in [0.15, 0.2) is 72.1 Å². The number of amides is 2. The van der Waals surface area contributed by atoms with Crippen molar-refractivity contribution in [3.05, 3.63) is 83.2 Å². The van der Waals surface area contributed by atoms with Gasteiger partial charge in [0.25, 0.3) is 5.91 Å². The number of anilines is 1. The van der Waals surface area contributed by atoms with Crippen LogP contribution in [-0.2, 0) is 16.1 Å². The number of nitrogens with zero attached hydrogens (tertiary/aromatic N) is 2. The molecule has 0 spiro atoms. The molecule has 0 saturated carbocycles. The lowest BCUT2D eigenvalue weighted by Gasteiger charge is -2.20. The van der Waals surface area contributed by atoms with Crippen molar-refractivity contribution in [1.29, 1.82) is 0 Å². The standard InChI is InChI=1S/C29H31N3O3/c1-17(2)13-31-14-22-26(20-9-11-21(12-10-20)35-16-18(3)4)28-24(15-32(19(5)33)29(28)34)30-23-7-6-8-25(31)27(22)23/h6-12,14,17,26,30H,3,13,15-16H2,1-2,4-5H3/t26-/m1/s1. The Kier molecular flexibility index (Phi) is 5.75. The second-order valence-electron chi connectivity index (χ2n) is 10.0. The highest BCUT2D eigenvalue weighted by Gasteiger charge is 2.41. The average Bonchev–Trinajstić information content (AvgIpc) is 3.27. The maximum Gasteiger partial charge on any atom is 0.259 e. The third kappa shape index (κ3) is 4.03. The molecule has 2 aliphatic heterocycles. The molecule has 35 heavy (non-hydrogen) atoms. The van der Waals surface area contributed by atoms with Gasteiger partial charge in [0.05, 0.1) is 17.6 Å². The van der Waals surface area contributed by atoms with Crippen molar-refractivity contribution in [2.24, 2.45) is 5.92 Å². The number of carbonyl (C=O) groups excluding carboxylic acids is 2. The van der Waals surface area contributed by atoms with Crippen molar-refractivity contribution < 1.29 is 14.3 Å². The molecule has 2 aromatic carbocycles. The van der Waals surface area contributed by atoms with Gasteiger partial charge in [0.2, 0.25) is 5.91 Å². The highest BCUT2D eigenvalue weighted by atomic mass is 16.5. The van der Waals surface area contributed by atoms with E-state index in [1.807, 2.05) is 43.3 Å². The molecule has 3 aromatic rings. The number of carbonyl (C=O) groups is 2. The van der Waals surface area contributed by atoms with E-state index in [2.05, 4.69) is 42.6 Å². The summed E-state index contributed by atoms with van der Waals surface area (Å²) < 4.78 is 8.09. The summed E-state index contributed by atoms with van der Waals surface area (Å²) in [5, 5.41) is 4.65. The quantitative estimate of drug-likeness (QED) is 0.488. The van der Waals surface area contributed by atoms with E-state index in [0.717, 1.165) is 51.3 Å². The molecule has 0 fully saturated rings. The lowest BCUT2D eigenvalue weighted by molar-refractivity contribution is -0.139. The van der Waals surface area contributed by atoms with E-state index in [1.165, 1.54) is 11.8 Å². The van der Waals surface area contributed by atoms with Crippen LogP contribution in [0.25, 0.3) is 10.9 Å². The van der Waals surface area contributed by atoms with Gasteiger partial charge in [-0.05, 0) is 53.8 Å². The van der Waals surface area contributed by atoms with E-state index in [-0.39, 0.29) is 24.3 Å². The van der Waals surface area contributed by atoms with Crippen molar-refractivity contribution in [2.75, 3.05) is 18.5 Å². The lowest BCUT2D eigenvalue weighted by atomic mass is 9.84. The molecule has 2 aliphatic rings. The van der Waals surface area contributed by atoms with Crippen LogP contribution in [0, 0.1) is 5.92 Å². The summed E-state index contributed by atoms with van der Waals surface area (Å²) >= 11 is 0. The van der Waals surface area contributed by atoms with E-state index >= 15 is 0 Å². The Bertz CT molecular complexity index is 1380. The molecule has 5 rings (SSSR count). The van der Waals surface area contributed by atoms with Crippen LogP contribution in [-0.4, -0.2) is 34.4 Å². The molecule has 1 atom stereocenters. The molecule has 0 radical (unpaired) electrons. The Morgan fingerprint density at radius 3 is 2.57 bits per heavy atom. The zero-order valence-electron chi connectivity index (χ0n) is 20.7. The summed E-state index contributed by atoms with van der Waals surface area (Å²) in [5.41, 5.74) is 6.54. The highest BCUT2D eigenvalue weighted by Crippen LogP contribution is 2.46. The predicted molar refractivity (Wildman–Crippen MR) is 138 cm³/mol. The molecule has 3 heterocycles. The first-order valence-corrected chi connectivity index (χ1v) is 12.1. The minimum Gasteiger partial charge on any atom is -0.489 e. The molecule has 6 nitrogen and oxygen atoms in total. The molecule has 1 aromatic heterocycles. The van der Waals surface area contributed by atoms with Gasteiger partial charge >= 0.3 is 0 Å². The normalized spacial score (nSPS) is 17.0. The number of hydrogen-bond donors (Lipinski definition) is 1. The Hall–Kier alpha value is -3.80. The fraction of sp³-hybridized carbons (Fsp3) is 0.310. The minimum absolute atomic E-state index is 0.231. The number of ether oxygens (including phenoxy) is 1. The van der Waals surface area contributed by atoms with Crippen LogP contribution in [0.2, 0.25) is 0 Å². The van der Waals surface area contributed by atoms with Crippen LogP contribution in [0.4, 0.5) is 5.69 Å². The van der Waals surface area contributed by atoms with Gasteiger partial charge in [-0.15, -0.1) is 0 Å². The van der Waals surface area contributed by atoms with Gasteiger partial charge in [0.15, 0.2) is 0 Å². The van der Waals surface area contributed by atoms with Crippen LogP contribution in [0.3, 0.4) is 0 Å². The molecular weight excluding hydrogens is 438 g/mol. The van der Waals surface area contributed by atoms with Crippen molar-refractivity contribution in [1.82, 2.24) is 9.47 Å². The van der Waals surface area contributed by atoms with Crippen LogP contribution in [0.1, 0.15) is 44.7 Å². The summed E-state index contributed by atoms with van der Waals surface area (Å²) in [6, 6.07) is 14.1. The lowest BCUT2D eigenvalue weighted by Crippen LogP contribution is -2.33. The van der Waals surface area contributed by atoms with Crippen molar-refractivity contribution in [3.8, 4) is 5.75 Å². The molecule has 180 valence electrons. The minimum atomic E-state index is -0.302. The number of benzene rings is 2. The van der Waals surface area contributed by atoms with E-state index < -0.39 is 0 Å². The zero-order valence-corrected chi connectivity index (χ0v) is 20.7. The van der Waals surface area contributed by atoms with Crippen molar-refractivity contribution in [3.63, 3.8) is 0 Å². The fourth-order valence-corrected chi connectivity index (χ4v) is 5.13. The first-order valence-electron chi connectivity index (χ1n) is 12.1. The maximum atomic E-state index is 13.6. The van der Waals surface area contributed by atoms with Crippen LogP contribution < -0.4 is 10.1 Å². The second-order valence-corrected chi connectivity index (χ2v) is 10.0. The average molecular weight is 470 g/mol. The maximum absolute atomic E-state index is 13.6. The number of nitrogens with one attached hydrogen (secondary N) is 1. The number of hydrogen-bond acceptors (Lipinski definition) is 4. The van der Waals surface area contributed by atoms with Crippen molar-refractivity contribution in [2.45, 2.75) is 40.2 Å². The Labute approximate surface area is 205 Å². The number of imide groups is 1. The molecule has 2 amide bonds. The summed E-state index contributed by atoms with van der Waals surface area (Å²) in [6.07, 6.45) is 2.19. The van der Waals surface area contributed by atoms with E-state index in [9.17, 15) is 9.59 Å². The van der Waals surface area contributed by atoms with E-state index in [4.69, 9.17) is 4.74 Å². The smallest absolute Gasteiger partial charge is 0.259 e. The van der Waals surface area contributed by atoms with E-state index in [0.29, 0.717) is 18.1 Å². The highest BCUT2D eigenvalue weighted by molar-refractivity contribution is 6.11. The summed E-state index contributed by atoms with van der Waals surface area (Å²) in [7, 11) is 0. The number of rotatable bonds is 6. The largest absolute Gasteiger partial charge is 0.489 e. The van der Waals surface area contributed by atoms with Gasteiger partial charge in [0.1, 0.15) is 12.4 Å². The Balaban J connectivity index is 1.68. The third-order valence-electron chi connectivity index (χ3n) is 6.58. The van der Waals surface area contributed by atoms with E-state index in [1.54, 1.807) is 0 Å². The van der Waals surface area contributed by atoms with Crippen molar-refractivity contribution >= 4 is 28.4 Å². The fourth-order valence-electron chi connectivity index (χ4n) is 5.13. The van der Waals surface area contributed by atoms with Crippen LogP contribution in [0.5, 0.6) is 5.75 Å². The monoisotopic (exact) mass is 469 g/mol. The molecule has 0 saturated heterocycles. The SMILES string of the molecule is C=C(C)COc1ccc([C@H]2C3=C(CN(C(C)=O)C3=O)Nc3cccc4c3c2cn4CC(C)C)cc1. The topological polar surface area (TPSA) is 63.6 Å². The van der Waals surface area contributed by atoms with Gasteiger partial charge in [-0.1, -0.05) is 38.6 Å². The van der Waals surface area contributed by atoms with Crippen LogP contribution >= 0.6 is 0 Å². The molecule has 0 aliphatic carbocycles. The Morgan fingerprint density at radius 1 is 1.17 bits per heavy atom. The van der Waals surface area contributed by atoms with Gasteiger partial charge in [-0.2, -0.15) is 0 Å². The molecule has 1 N–H and O–H groups in total. The Morgan fingerprint density at radius 2 is 1.91 bits per heavy atom. The van der Waals surface area contributed by atoms with Gasteiger partial charge in [0, 0.05) is 42.4 Å². The molecule has 0 unspecified atom stereocenters. The first kappa shape index (κ1) is 23.0. The molecular formula is C29H31N3O3. The molecule has 6 heteroatoms. The first-order chi connectivity index (χ1) is 16.7. The van der Waals surface area contributed by atoms with Gasteiger partial charge in [-0.3, -0.25) is 14.5 Å². The summed E-state index contributed by atoms with van der Waals surface area (Å²) in [6.45, 7) is 13.3. The van der Waals surface area contributed by atoms with Gasteiger partial charge in [-0.25, -0.2) is 0 Å². The predicted octanol–water partition coefficient (Wildman–Crippen LogP) is 5.45. The summed E-state index contributed by atoms with van der Waals surface area (Å²) in [4.78, 5) is 27.2. The molecule has 0 bridgehead atoms. The zero-order chi connectivity index (χ0) is 24.9. The third-order valence-corrected chi connectivity index (χ3v) is 6.58.